The lowest BCUT2D eigenvalue weighted by Gasteiger charge is -1.99. The van der Waals surface area contributed by atoms with Crippen molar-refractivity contribution in [1.82, 2.24) is 0 Å². The minimum Gasteiger partial charge on any atom is -0.375 e. The molecule has 0 aliphatic carbocycles. The fourth-order valence-corrected chi connectivity index (χ4v) is 1.38. The van der Waals surface area contributed by atoms with Crippen molar-refractivity contribution in [2.75, 3.05) is 0 Å². The molecule has 2 atom stereocenters. The predicted molar refractivity (Wildman–Crippen MR) is 26.8 cm³/mol. The summed E-state index contributed by atoms with van der Waals surface area (Å²) in [5, 5.41) is 0. The van der Waals surface area contributed by atoms with Crippen LogP contribution in [0.15, 0.2) is 0 Å². The molecule has 1 nitrogen and oxygen atoms in total. The Labute approximate surface area is 43.7 Å². The molecule has 2 unspecified atom stereocenters. The Morgan fingerprint density at radius 3 is 2.57 bits per heavy atom. The van der Waals surface area contributed by atoms with Crippen LogP contribution in [-0.2, 0) is 4.74 Å². The highest BCUT2D eigenvalue weighted by Crippen LogP contribution is 2.32. The second-order valence-corrected chi connectivity index (χ2v) is 2.35. The molecule has 2 fully saturated rings. The standard InChI is InChI=1S/C6H9O/c1-2-6-4-3-5(1)7-6/h1,5-6H,2-4H2. The summed E-state index contributed by atoms with van der Waals surface area (Å²) in [6, 6.07) is 0. The maximum atomic E-state index is 5.42. The lowest BCUT2D eigenvalue weighted by atomic mass is 10.0. The highest BCUT2D eigenvalue weighted by molar-refractivity contribution is 4.94. The molecule has 39 valence electrons. The van der Waals surface area contributed by atoms with Crippen LogP contribution in [0.3, 0.4) is 0 Å². The first kappa shape index (κ1) is 3.90. The zero-order chi connectivity index (χ0) is 4.69. The Balaban J connectivity index is 2.12. The van der Waals surface area contributed by atoms with E-state index in [-0.39, 0.29) is 0 Å². The van der Waals surface area contributed by atoms with E-state index in [4.69, 9.17) is 4.74 Å². The molecule has 2 saturated heterocycles. The minimum absolute atomic E-state index is 0.546. The summed E-state index contributed by atoms with van der Waals surface area (Å²) in [5.41, 5.74) is 0. The molecule has 0 amide bonds. The molecule has 2 rings (SSSR count). The van der Waals surface area contributed by atoms with Gasteiger partial charge in [-0.1, -0.05) is 0 Å². The second kappa shape index (κ2) is 1.22. The Hall–Kier alpha value is -0.0400. The first-order valence-electron chi connectivity index (χ1n) is 2.94. The maximum absolute atomic E-state index is 5.42. The van der Waals surface area contributed by atoms with Crippen molar-refractivity contribution in [2.45, 2.75) is 31.5 Å². The second-order valence-electron chi connectivity index (χ2n) is 2.35. The van der Waals surface area contributed by atoms with E-state index in [1.807, 2.05) is 0 Å². The third kappa shape index (κ3) is 0.480. The van der Waals surface area contributed by atoms with Crippen molar-refractivity contribution in [3.8, 4) is 0 Å². The average molecular weight is 97.1 g/mol. The fourth-order valence-electron chi connectivity index (χ4n) is 1.38. The van der Waals surface area contributed by atoms with Gasteiger partial charge in [0.1, 0.15) is 0 Å². The van der Waals surface area contributed by atoms with Crippen LogP contribution in [0.25, 0.3) is 0 Å². The van der Waals surface area contributed by atoms with Crippen LogP contribution in [0, 0.1) is 6.42 Å². The van der Waals surface area contributed by atoms with Crippen molar-refractivity contribution in [3.05, 3.63) is 6.42 Å². The van der Waals surface area contributed by atoms with Gasteiger partial charge in [0.2, 0.25) is 0 Å². The topological polar surface area (TPSA) is 9.23 Å². The van der Waals surface area contributed by atoms with Crippen molar-refractivity contribution in [3.63, 3.8) is 0 Å². The zero-order valence-electron chi connectivity index (χ0n) is 4.26. The van der Waals surface area contributed by atoms with Crippen LogP contribution < -0.4 is 0 Å². The summed E-state index contributed by atoms with van der Waals surface area (Å²) in [5.74, 6) is 0. The Bertz CT molecular complexity index is 62.2. The molecule has 2 aliphatic rings. The van der Waals surface area contributed by atoms with E-state index in [0.717, 1.165) is 0 Å². The summed E-state index contributed by atoms with van der Waals surface area (Å²) >= 11 is 0. The van der Waals surface area contributed by atoms with Crippen LogP contribution in [0.4, 0.5) is 0 Å². The van der Waals surface area contributed by atoms with Gasteiger partial charge in [0.05, 0.1) is 12.2 Å². The molecule has 2 bridgehead atoms. The van der Waals surface area contributed by atoms with Gasteiger partial charge in [0.25, 0.3) is 0 Å². The first-order valence-corrected chi connectivity index (χ1v) is 2.94. The van der Waals surface area contributed by atoms with Gasteiger partial charge in [0.15, 0.2) is 0 Å². The van der Waals surface area contributed by atoms with Crippen LogP contribution in [0.5, 0.6) is 0 Å². The summed E-state index contributed by atoms with van der Waals surface area (Å²) in [6.45, 7) is 0. The quantitative estimate of drug-likeness (QED) is 0.440. The lowest BCUT2D eigenvalue weighted by Crippen LogP contribution is -1.99. The molecular formula is C6H9O. The number of hydrogen-bond acceptors (Lipinski definition) is 1. The van der Waals surface area contributed by atoms with E-state index in [2.05, 4.69) is 6.42 Å². The Morgan fingerprint density at radius 1 is 1.43 bits per heavy atom. The third-order valence-corrected chi connectivity index (χ3v) is 1.80. The molecule has 0 N–H and O–H groups in total. The molecule has 0 aromatic heterocycles. The van der Waals surface area contributed by atoms with Gasteiger partial charge >= 0.3 is 0 Å². The van der Waals surface area contributed by atoms with Crippen molar-refractivity contribution in [2.24, 2.45) is 0 Å². The molecule has 0 aromatic rings. The lowest BCUT2D eigenvalue weighted by molar-refractivity contribution is 0.111. The molecular weight excluding hydrogens is 88.1 g/mol. The van der Waals surface area contributed by atoms with Crippen molar-refractivity contribution in [1.29, 1.82) is 0 Å². The van der Waals surface area contributed by atoms with Crippen LogP contribution in [0.1, 0.15) is 19.3 Å². The van der Waals surface area contributed by atoms with Gasteiger partial charge in [-0.15, -0.1) is 0 Å². The van der Waals surface area contributed by atoms with Gasteiger partial charge in [-0.3, -0.25) is 0 Å². The van der Waals surface area contributed by atoms with E-state index >= 15 is 0 Å². The molecule has 1 radical (unpaired) electrons. The fraction of sp³-hybridized carbons (Fsp3) is 0.833. The van der Waals surface area contributed by atoms with E-state index in [0.29, 0.717) is 12.2 Å². The van der Waals surface area contributed by atoms with Crippen molar-refractivity contribution >= 4 is 0 Å². The Morgan fingerprint density at radius 2 is 2.43 bits per heavy atom. The van der Waals surface area contributed by atoms with E-state index in [1.54, 1.807) is 0 Å². The van der Waals surface area contributed by atoms with Gasteiger partial charge in [-0.25, -0.2) is 0 Å². The SMILES string of the molecule is [CH]1CC2CCC1O2. The summed E-state index contributed by atoms with van der Waals surface area (Å²) in [4.78, 5) is 0. The highest BCUT2D eigenvalue weighted by atomic mass is 16.5. The van der Waals surface area contributed by atoms with Crippen LogP contribution >= 0.6 is 0 Å². The van der Waals surface area contributed by atoms with Crippen LogP contribution in [-0.4, -0.2) is 12.2 Å². The average Bonchev–Trinajstić information content (AvgIpc) is 2.22. The van der Waals surface area contributed by atoms with Crippen LogP contribution in [0.2, 0.25) is 0 Å². The molecule has 2 aliphatic heterocycles. The molecule has 0 spiro atoms. The number of ether oxygens (including phenoxy) is 1. The highest BCUT2D eigenvalue weighted by Gasteiger charge is 2.31. The monoisotopic (exact) mass is 97.1 g/mol. The predicted octanol–water partition coefficient (Wildman–Crippen LogP) is 1.14. The molecule has 2 heterocycles. The van der Waals surface area contributed by atoms with Gasteiger partial charge in [-0.2, -0.15) is 0 Å². The maximum Gasteiger partial charge on any atom is 0.0612 e. The van der Waals surface area contributed by atoms with Gasteiger partial charge in [-0.05, 0) is 25.7 Å². The number of hydrogen-bond donors (Lipinski definition) is 0. The summed E-state index contributed by atoms with van der Waals surface area (Å²) < 4.78 is 5.42. The van der Waals surface area contributed by atoms with Crippen molar-refractivity contribution < 1.29 is 4.74 Å². The smallest absolute Gasteiger partial charge is 0.0612 e. The third-order valence-electron chi connectivity index (χ3n) is 1.80. The van der Waals surface area contributed by atoms with E-state index < -0.39 is 0 Å². The minimum atomic E-state index is 0.546. The summed E-state index contributed by atoms with van der Waals surface area (Å²) in [7, 11) is 0. The first-order chi connectivity index (χ1) is 3.45. The molecule has 0 saturated carbocycles. The normalized spacial score (nSPS) is 48.0. The molecule has 7 heavy (non-hydrogen) atoms. The van der Waals surface area contributed by atoms with Gasteiger partial charge < -0.3 is 4.74 Å². The summed E-state index contributed by atoms with van der Waals surface area (Å²) in [6.07, 6.45) is 7.25. The largest absolute Gasteiger partial charge is 0.375 e. The number of fused-ring (bicyclic) bond motifs is 2. The van der Waals surface area contributed by atoms with E-state index in [1.165, 1.54) is 19.3 Å². The van der Waals surface area contributed by atoms with Gasteiger partial charge in [0, 0.05) is 0 Å². The molecule has 1 heteroatoms. The molecule has 0 aromatic carbocycles. The zero-order valence-corrected chi connectivity index (χ0v) is 4.26. The Kier molecular flexibility index (Phi) is 0.680. The van der Waals surface area contributed by atoms with E-state index in [9.17, 15) is 0 Å². The number of rotatable bonds is 0.